The number of nitrogens with two attached hydrogens (primary N) is 1. The number of ether oxygens (including phenoxy) is 1. The third kappa shape index (κ3) is 3.16. The van der Waals surface area contributed by atoms with E-state index in [-0.39, 0.29) is 25.4 Å². The fraction of sp³-hybridized carbons (Fsp3) is 0.562. The van der Waals surface area contributed by atoms with E-state index in [1.165, 1.54) is 11.0 Å². The normalized spacial score (nSPS) is 31.3. The number of nitrogens with zero attached hydrogens (tertiary/aromatic N) is 1. The lowest BCUT2D eigenvalue weighted by atomic mass is 9.81. The molecule has 1 aromatic carbocycles. The summed E-state index contributed by atoms with van der Waals surface area (Å²) in [5.41, 5.74) is 6.30. The molecule has 0 radical (unpaired) electrons. The first-order valence-corrected chi connectivity index (χ1v) is 7.79. The van der Waals surface area contributed by atoms with Crippen molar-refractivity contribution in [3.05, 3.63) is 29.6 Å². The first-order chi connectivity index (χ1) is 11.0. The van der Waals surface area contributed by atoms with Gasteiger partial charge in [-0.3, -0.25) is 4.90 Å². The lowest BCUT2D eigenvalue weighted by molar-refractivity contribution is 0.0364. The molecule has 1 saturated heterocycles. The number of hydrogen-bond donors (Lipinski definition) is 2. The van der Waals surface area contributed by atoms with Gasteiger partial charge in [0.15, 0.2) is 0 Å². The largest absolute Gasteiger partial charge is 0.443 e. The van der Waals surface area contributed by atoms with E-state index in [1.807, 2.05) is 0 Å². The molecule has 1 amide bonds. The van der Waals surface area contributed by atoms with Gasteiger partial charge in [-0.1, -0.05) is 6.07 Å². The summed E-state index contributed by atoms with van der Waals surface area (Å²) in [5.74, 6) is -0.732. The summed E-state index contributed by atoms with van der Waals surface area (Å²) in [6.45, 7) is 0.501. The number of rotatable bonds is 3. The van der Waals surface area contributed by atoms with E-state index in [1.54, 1.807) is 12.1 Å². The van der Waals surface area contributed by atoms with E-state index in [4.69, 9.17) is 10.5 Å². The number of anilines is 1. The smallest absolute Gasteiger partial charge is 0.414 e. The van der Waals surface area contributed by atoms with Crippen LogP contribution in [-0.2, 0) is 4.74 Å². The number of amides is 1. The summed E-state index contributed by atoms with van der Waals surface area (Å²) < 4.78 is 33.1. The second-order valence-electron chi connectivity index (χ2n) is 6.15. The molecule has 2 fully saturated rings. The summed E-state index contributed by atoms with van der Waals surface area (Å²) in [5, 5.41) is 9.44. The molecule has 3 rings (SSSR count). The van der Waals surface area contributed by atoms with E-state index in [0.717, 1.165) is 0 Å². The van der Waals surface area contributed by atoms with Crippen LogP contribution in [0.4, 0.5) is 19.3 Å². The zero-order chi connectivity index (χ0) is 16.6. The summed E-state index contributed by atoms with van der Waals surface area (Å²) in [4.78, 5) is 13.1. The van der Waals surface area contributed by atoms with E-state index >= 15 is 0 Å². The van der Waals surface area contributed by atoms with Gasteiger partial charge in [0.2, 0.25) is 0 Å². The number of benzene rings is 1. The molecule has 23 heavy (non-hydrogen) atoms. The predicted octanol–water partition coefficient (Wildman–Crippen LogP) is 2.08. The molecule has 1 aliphatic heterocycles. The van der Waals surface area contributed by atoms with Gasteiger partial charge < -0.3 is 15.6 Å². The molecule has 0 aromatic heterocycles. The molecule has 3 unspecified atom stereocenters. The van der Waals surface area contributed by atoms with E-state index in [0.29, 0.717) is 24.1 Å². The fourth-order valence-electron chi connectivity index (χ4n) is 3.25. The molecule has 0 spiro atoms. The maximum Gasteiger partial charge on any atom is 0.414 e. The Kier molecular flexibility index (Phi) is 4.50. The van der Waals surface area contributed by atoms with Gasteiger partial charge in [-0.2, -0.15) is 0 Å². The number of carbonyl (C=O) groups excluding carboxylic acids is 1. The molecular weight excluding hydrogens is 306 g/mol. The summed E-state index contributed by atoms with van der Waals surface area (Å²) in [6.07, 6.45) is -2.25. The number of cyclic esters (lactones) is 1. The molecule has 3 N–H and O–H groups in total. The van der Waals surface area contributed by atoms with Crippen LogP contribution >= 0.6 is 0 Å². The highest BCUT2D eigenvalue weighted by Crippen LogP contribution is 2.37. The summed E-state index contributed by atoms with van der Waals surface area (Å²) in [7, 11) is 0. The first-order valence-electron chi connectivity index (χ1n) is 7.79. The average Bonchev–Trinajstić information content (AvgIpc) is 2.91. The maximum absolute atomic E-state index is 14.4. The number of carbonyl (C=O) groups is 1. The third-order valence-corrected chi connectivity index (χ3v) is 4.61. The van der Waals surface area contributed by atoms with Gasteiger partial charge >= 0.3 is 6.09 Å². The Morgan fingerprint density at radius 1 is 1.39 bits per heavy atom. The average molecular weight is 326 g/mol. The minimum atomic E-state index is -1.33. The number of aliphatic hydroxyl groups excluding tert-OH is 1. The molecule has 1 aliphatic carbocycles. The monoisotopic (exact) mass is 326 g/mol. The van der Waals surface area contributed by atoms with Gasteiger partial charge in [0.25, 0.3) is 0 Å². The Bertz CT molecular complexity index is 599. The molecule has 7 heteroatoms. The first kappa shape index (κ1) is 16.1. The van der Waals surface area contributed by atoms with Crippen LogP contribution in [0.5, 0.6) is 0 Å². The van der Waals surface area contributed by atoms with Crippen LogP contribution in [0.25, 0.3) is 0 Å². The highest BCUT2D eigenvalue weighted by atomic mass is 19.1. The minimum absolute atomic E-state index is 0.110. The summed E-state index contributed by atoms with van der Waals surface area (Å²) >= 11 is 0. The number of alkyl halides is 1. The number of hydrogen-bond acceptors (Lipinski definition) is 4. The van der Waals surface area contributed by atoms with Crippen LogP contribution < -0.4 is 10.6 Å². The number of aliphatic hydroxyl groups is 1. The standard InChI is InChI=1S/C16H20F2N2O3/c17-13-6-10(20-8-11(7-19)23-16(20)22)2-3-12(13)9-1-4-15(21)14(18)5-9/h2-3,6,9,11,14-15,21H,1,4-5,7-8,19H2/t9?,11-,14?,15?/m0/s1. The second-order valence-corrected chi connectivity index (χ2v) is 6.15. The lowest BCUT2D eigenvalue weighted by Gasteiger charge is -2.29. The Labute approximate surface area is 133 Å². The topological polar surface area (TPSA) is 75.8 Å². The molecule has 5 nitrogen and oxygen atoms in total. The van der Waals surface area contributed by atoms with Gasteiger partial charge in [-0.15, -0.1) is 0 Å². The number of halogens is 2. The van der Waals surface area contributed by atoms with Crippen molar-refractivity contribution in [2.24, 2.45) is 5.73 Å². The highest BCUT2D eigenvalue weighted by Gasteiger charge is 2.33. The summed E-state index contributed by atoms with van der Waals surface area (Å²) in [6, 6.07) is 4.49. The minimum Gasteiger partial charge on any atom is -0.443 e. The molecule has 2 aliphatic rings. The molecule has 126 valence electrons. The van der Waals surface area contributed by atoms with E-state index in [9.17, 15) is 18.7 Å². The van der Waals surface area contributed by atoms with Crippen LogP contribution in [0.15, 0.2) is 18.2 Å². The van der Waals surface area contributed by atoms with Crippen LogP contribution in [0.3, 0.4) is 0 Å². The van der Waals surface area contributed by atoms with Crippen molar-refractivity contribution in [3.8, 4) is 0 Å². The van der Waals surface area contributed by atoms with E-state index < -0.39 is 30.3 Å². The Balaban J connectivity index is 1.77. The zero-order valence-electron chi connectivity index (χ0n) is 12.6. The Hall–Kier alpha value is -1.73. The lowest BCUT2D eigenvalue weighted by Crippen LogP contribution is -2.30. The van der Waals surface area contributed by atoms with Crippen LogP contribution in [0.1, 0.15) is 30.7 Å². The molecule has 1 saturated carbocycles. The van der Waals surface area contributed by atoms with Crippen LogP contribution in [0.2, 0.25) is 0 Å². The fourth-order valence-corrected chi connectivity index (χ4v) is 3.25. The van der Waals surface area contributed by atoms with Crippen molar-refractivity contribution in [1.29, 1.82) is 0 Å². The molecule has 4 atom stereocenters. The Morgan fingerprint density at radius 3 is 2.78 bits per heavy atom. The van der Waals surface area contributed by atoms with Gasteiger partial charge in [0.1, 0.15) is 18.1 Å². The quantitative estimate of drug-likeness (QED) is 0.892. The van der Waals surface area contributed by atoms with Crippen LogP contribution in [0, 0.1) is 5.82 Å². The SMILES string of the molecule is NC[C@H]1CN(c2ccc(C3CCC(O)C(F)C3)c(F)c2)C(=O)O1. The maximum atomic E-state index is 14.4. The van der Waals surface area contributed by atoms with Crippen molar-refractivity contribution >= 4 is 11.8 Å². The molecule has 1 aromatic rings. The van der Waals surface area contributed by atoms with Crippen molar-refractivity contribution < 1.29 is 23.4 Å². The van der Waals surface area contributed by atoms with Crippen LogP contribution in [-0.4, -0.2) is 42.7 Å². The Morgan fingerprint density at radius 2 is 2.17 bits per heavy atom. The van der Waals surface area contributed by atoms with Crippen molar-refractivity contribution in [2.75, 3.05) is 18.0 Å². The molecule has 1 heterocycles. The second kappa shape index (κ2) is 6.41. The predicted molar refractivity (Wildman–Crippen MR) is 80.6 cm³/mol. The van der Waals surface area contributed by atoms with Gasteiger partial charge in [-0.05, 0) is 42.9 Å². The van der Waals surface area contributed by atoms with Gasteiger partial charge in [0.05, 0.1) is 18.3 Å². The molecular formula is C16H20F2N2O3. The van der Waals surface area contributed by atoms with Crippen molar-refractivity contribution in [1.82, 2.24) is 0 Å². The highest BCUT2D eigenvalue weighted by molar-refractivity contribution is 5.89. The van der Waals surface area contributed by atoms with Gasteiger partial charge in [-0.25, -0.2) is 13.6 Å². The molecule has 0 bridgehead atoms. The van der Waals surface area contributed by atoms with Gasteiger partial charge in [0, 0.05) is 6.54 Å². The van der Waals surface area contributed by atoms with Crippen molar-refractivity contribution in [2.45, 2.75) is 43.6 Å². The third-order valence-electron chi connectivity index (χ3n) is 4.61. The zero-order valence-corrected chi connectivity index (χ0v) is 12.6. The van der Waals surface area contributed by atoms with Crippen molar-refractivity contribution in [3.63, 3.8) is 0 Å². The van der Waals surface area contributed by atoms with E-state index in [2.05, 4.69) is 0 Å².